The van der Waals surface area contributed by atoms with Gasteiger partial charge in [-0.1, -0.05) is 38.2 Å². The van der Waals surface area contributed by atoms with Gasteiger partial charge in [-0.2, -0.15) is 8.42 Å². The van der Waals surface area contributed by atoms with Crippen LogP contribution in [0.5, 0.6) is 0 Å². The fraction of sp³-hybridized carbons (Fsp3) is 0.643. The van der Waals surface area contributed by atoms with Gasteiger partial charge in [-0.3, -0.25) is 4.55 Å². The van der Waals surface area contributed by atoms with Gasteiger partial charge in [0.15, 0.2) is 0 Å². The van der Waals surface area contributed by atoms with Gasteiger partial charge < -0.3 is 4.74 Å². The van der Waals surface area contributed by atoms with Crippen LogP contribution in [0.15, 0.2) is 12.2 Å². The Labute approximate surface area is 121 Å². The summed E-state index contributed by atoms with van der Waals surface area (Å²) in [7, 11) is -3.81. The number of unbranched alkanes of at least 4 members (excludes halogenated alkanes) is 6. The van der Waals surface area contributed by atoms with E-state index in [1.165, 1.54) is 0 Å². The molecule has 0 unspecified atom stereocenters. The van der Waals surface area contributed by atoms with Crippen molar-refractivity contribution in [3.8, 4) is 12.0 Å². The monoisotopic (exact) mass is 302 g/mol. The van der Waals surface area contributed by atoms with Crippen LogP contribution in [-0.4, -0.2) is 24.7 Å². The molecule has 0 heterocycles. The lowest BCUT2D eigenvalue weighted by atomic mass is 10.1. The van der Waals surface area contributed by atoms with Crippen molar-refractivity contribution in [2.45, 2.75) is 51.9 Å². The average molecular weight is 302 g/mol. The summed E-state index contributed by atoms with van der Waals surface area (Å²) in [6.45, 7) is 5.00. The Kier molecular flexibility index (Phi) is 9.77. The number of carbonyl (C=O) groups excluding carboxylic acids is 1. The summed E-state index contributed by atoms with van der Waals surface area (Å²) in [5, 5.41) is 0. The number of hydrogen-bond acceptors (Lipinski definition) is 4. The first-order valence-electron chi connectivity index (χ1n) is 6.62. The van der Waals surface area contributed by atoms with Gasteiger partial charge in [-0.05, 0) is 19.8 Å². The van der Waals surface area contributed by atoms with Gasteiger partial charge in [-0.15, -0.1) is 0 Å². The van der Waals surface area contributed by atoms with E-state index in [1.54, 1.807) is 6.92 Å². The van der Waals surface area contributed by atoms with Crippen molar-refractivity contribution in [2.75, 3.05) is 5.75 Å². The van der Waals surface area contributed by atoms with E-state index >= 15 is 0 Å². The molecular weight excluding hydrogens is 280 g/mol. The zero-order valence-corrected chi connectivity index (χ0v) is 12.7. The average Bonchev–Trinajstić information content (AvgIpc) is 2.34. The molecule has 0 saturated carbocycles. The van der Waals surface area contributed by atoms with Crippen molar-refractivity contribution >= 4 is 16.1 Å². The van der Waals surface area contributed by atoms with Crippen LogP contribution in [0.3, 0.4) is 0 Å². The van der Waals surface area contributed by atoms with Gasteiger partial charge in [0.25, 0.3) is 10.1 Å². The number of rotatable bonds is 9. The van der Waals surface area contributed by atoms with Gasteiger partial charge in [-0.25, -0.2) is 4.79 Å². The number of ether oxygens (including phenoxy) is 1. The van der Waals surface area contributed by atoms with E-state index in [9.17, 15) is 13.2 Å². The van der Waals surface area contributed by atoms with Gasteiger partial charge >= 0.3 is 5.97 Å². The maximum absolute atomic E-state index is 11.0. The lowest BCUT2D eigenvalue weighted by molar-refractivity contribution is -0.132. The summed E-state index contributed by atoms with van der Waals surface area (Å²) in [6.07, 6.45) is 8.13. The van der Waals surface area contributed by atoms with Gasteiger partial charge in [0.1, 0.15) is 6.11 Å². The summed E-state index contributed by atoms with van der Waals surface area (Å²) in [5.41, 5.74) is 0.323. The molecule has 0 spiro atoms. The Balaban J connectivity index is 3.39. The molecule has 0 aromatic heterocycles. The maximum atomic E-state index is 11.0. The summed E-state index contributed by atoms with van der Waals surface area (Å²) in [6, 6.07) is 0. The van der Waals surface area contributed by atoms with E-state index in [0.29, 0.717) is 18.4 Å². The molecule has 0 rings (SSSR count). The molecule has 6 heteroatoms. The Hall–Kier alpha value is -1.32. The third-order valence-corrected chi connectivity index (χ3v) is 3.32. The Bertz CT molecular complexity index is 468. The summed E-state index contributed by atoms with van der Waals surface area (Å²) < 4.78 is 34.1. The highest BCUT2D eigenvalue weighted by Crippen LogP contribution is 2.07. The number of carbonyl (C=O) groups is 1. The van der Waals surface area contributed by atoms with Crippen LogP contribution in [0.25, 0.3) is 0 Å². The summed E-state index contributed by atoms with van der Waals surface area (Å²) >= 11 is 0. The van der Waals surface area contributed by atoms with Crippen molar-refractivity contribution < 1.29 is 22.5 Å². The molecule has 0 fully saturated rings. The minimum Gasteiger partial charge on any atom is -0.369 e. The smallest absolute Gasteiger partial charge is 0.347 e. The quantitative estimate of drug-likeness (QED) is 0.233. The minimum atomic E-state index is -3.81. The fourth-order valence-corrected chi connectivity index (χ4v) is 1.99. The van der Waals surface area contributed by atoms with Gasteiger partial charge in [0, 0.05) is 12.0 Å². The molecule has 1 N–H and O–H groups in total. The highest BCUT2D eigenvalue weighted by atomic mass is 32.2. The Morgan fingerprint density at radius 2 is 1.70 bits per heavy atom. The first-order valence-corrected chi connectivity index (χ1v) is 8.23. The van der Waals surface area contributed by atoms with E-state index in [0.717, 1.165) is 32.1 Å². The zero-order valence-electron chi connectivity index (χ0n) is 11.9. The molecule has 0 aliphatic heterocycles. The van der Waals surface area contributed by atoms with Crippen LogP contribution in [0.2, 0.25) is 0 Å². The lowest BCUT2D eigenvalue weighted by Crippen LogP contribution is -2.03. The van der Waals surface area contributed by atoms with E-state index < -0.39 is 16.1 Å². The number of esters is 1. The second-order valence-corrected chi connectivity index (χ2v) is 6.18. The van der Waals surface area contributed by atoms with E-state index in [1.807, 2.05) is 0 Å². The largest absolute Gasteiger partial charge is 0.369 e. The van der Waals surface area contributed by atoms with Crippen molar-refractivity contribution in [3.05, 3.63) is 12.2 Å². The molecular formula is C14H22O5S. The van der Waals surface area contributed by atoms with Crippen molar-refractivity contribution in [1.82, 2.24) is 0 Å². The standard InChI is InChI=1S/C14H22O5S/c1-13(2)14(15)19-11-9-7-5-3-4-6-8-10-12-20(16,17)18/h1,3-8,10,12H2,2H3,(H,16,17,18). The second-order valence-electron chi connectivity index (χ2n) is 4.61. The minimum absolute atomic E-state index is 0.160. The van der Waals surface area contributed by atoms with Crippen LogP contribution in [0.4, 0.5) is 0 Å². The molecule has 0 saturated heterocycles. The molecule has 5 nitrogen and oxygen atoms in total. The zero-order chi connectivity index (χ0) is 15.4. The normalized spacial score (nSPS) is 10.5. The lowest BCUT2D eigenvalue weighted by Gasteiger charge is -1.99. The first-order chi connectivity index (χ1) is 9.33. The predicted molar refractivity (Wildman–Crippen MR) is 77.4 cm³/mol. The second kappa shape index (κ2) is 10.5. The molecule has 114 valence electrons. The highest BCUT2D eigenvalue weighted by Gasteiger charge is 2.02. The molecule has 0 aliphatic rings. The Morgan fingerprint density at radius 3 is 2.25 bits per heavy atom. The molecule has 0 bridgehead atoms. The molecule has 0 radical (unpaired) electrons. The van der Waals surface area contributed by atoms with Crippen molar-refractivity contribution in [2.24, 2.45) is 0 Å². The SMILES string of the molecule is C=C(C)C(=O)OC#CCCCCCCCCS(=O)(=O)O. The van der Waals surface area contributed by atoms with Crippen LogP contribution >= 0.6 is 0 Å². The summed E-state index contributed by atoms with van der Waals surface area (Å²) in [4.78, 5) is 11.0. The molecule has 0 amide bonds. The van der Waals surface area contributed by atoms with Crippen LogP contribution < -0.4 is 0 Å². The number of hydrogen-bond donors (Lipinski definition) is 1. The highest BCUT2D eigenvalue weighted by molar-refractivity contribution is 7.85. The third kappa shape index (κ3) is 13.1. The van der Waals surface area contributed by atoms with Crippen molar-refractivity contribution in [3.63, 3.8) is 0 Å². The topological polar surface area (TPSA) is 80.7 Å². The van der Waals surface area contributed by atoms with Gasteiger partial charge in [0.05, 0.1) is 5.75 Å². The summed E-state index contributed by atoms with van der Waals surface area (Å²) in [5.74, 6) is 2.08. The molecule has 0 aromatic carbocycles. The van der Waals surface area contributed by atoms with Crippen LogP contribution in [0.1, 0.15) is 51.9 Å². The maximum Gasteiger partial charge on any atom is 0.347 e. The first kappa shape index (κ1) is 18.7. The van der Waals surface area contributed by atoms with Crippen LogP contribution in [0, 0.1) is 12.0 Å². The molecule has 20 heavy (non-hydrogen) atoms. The Morgan fingerprint density at radius 1 is 1.15 bits per heavy atom. The van der Waals surface area contributed by atoms with Crippen molar-refractivity contribution in [1.29, 1.82) is 0 Å². The molecule has 0 aromatic rings. The van der Waals surface area contributed by atoms with Crippen LogP contribution in [-0.2, 0) is 19.6 Å². The van der Waals surface area contributed by atoms with E-state index in [-0.39, 0.29) is 5.75 Å². The van der Waals surface area contributed by atoms with E-state index in [4.69, 9.17) is 4.55 Å². The predicted octanol–water partition coefficient (Wildman–Crippen LogP) is 2.69. The van der Waals surface area contributed by atoms with E-state index in [2.05, 4.69) is 23.3 Å². The fourth-order valence-electron chi connectivity index (χ4n) is 1.43. The molecule has 0 aliphatic carbocycles. The molecule has 0 atom stereocenters. The third-order valence-electron chi connectivity index (χ3n) is 2.52. The van der Waals surface area contributed by atoms with Gasteiger partial charge in [0.2, 0.25) is 0 Å².